The smallest absolute Gasteiger partial charge is 0.223 e. The van der Waals surface area contributed by atoms with E-state index in [2.05, 4.69) is 34.6 Å². The highest BCUT2D eigenvalue weighted by atomic mass is 19.1. The average molecular weight is 767 g/mol. The van der Waals surface area contributed by atoms with Gasteiger partial charge in [-0.25, -0.2) is 8.78 Å². The summed E-state index contributed by atoms with van der Waals surface area (Å²) < 4.78 is 48.0. The van der Waals surface area contributed by atoms with Gasteiger partial charge in [0, 0.05) is 44.5 Å². The summed E-state index contributed by atoms with van der Waals surface area (Å²) in [5, 5.41) is 12.7. The van der Waals surface area contributed by atoms with Gasteiger partial charge in [0.2, 0.25) is 11.8 Å². The molecule has 2 amide bonds. The fourth-order valence-corrected chi connectivity index (χ4v) is 15.0. The zero-order valence-electron chi connectivity index (χ0n) is 34.0. The summed E-state index contributed by atoms with van der Waals surface area (Å²) in [6.07, 6.45) is 10.1. The Labute approximate surface area is 326 Å². The lowest BCUT2D eigenvalue weighted by Crippen LogP contribution is -2.60. The Balaban J connectivity index is 0.904. The summed E-state index contributed by atoms with van der Waals surface area (Å²) in [4.78, 5) is 29.4. The summed E-state index contributed by atoms with van der Waals surface area (Å²) >= 11 is 0. The summed E-state index contributed by atoms with van der Waals surface area (Å²) in [6, 6.07) is 3.40. The normalized spacial score (nSPS) is 45.4. The molecule has 1 aromatic carbocycles. The van der Waals surface area contributed by atoms with E-state index in [0.29, 0.717) is 56.0 Å². The molecule has 1 aromatic rings. The molecule has 2 spiro atoms. The zero-order chi connectivity index (χ0) is 38.9. The first-order valence-electron chi connectivity index (χ1n) is 21.6. The van der Waals surface area contributed by atoms with Crippen LogP contribution < -0.4 is 0 Å². The molecule has 55 heavy (non-hydrogen) atoms. The molecular formula is C45H64F2N2O6. The first kappa shape index (κ1) is 38.4. The molecule has 0 bridgehead atoms. The summed E-state index contributed by atoms with van der Waals surface area (Å²) in [7, 11) is 0. The van der Waals surface area contributed by atoms with Crippen LogP contribution in [0.1, 0.15) is 118 Å². The van der Waals surface area contributed by atoms with Crippen molar-refractivity contribution in [3.63, 3.8) is 0 Å². The Hall–Kier alpha value is -2.14. The van der Waals surface area contributed by atoms with Crippen LogP contribution in [0, 0.1) is 68.3 Å². The maximum absolute atomic E-state index is 14.0. The van der Waals surface area contributed by atoms with Crippen molar-refractivity contribution in [2.75, 3.05) is 26.2 Å². The number of benzene rings is 1. The third-order valence-corrected chi connectivity index (χ3v) is 17.8. The molecule has 4 unspecified atom stereocenters. The number of carbonyl (C=O) groups is 2. The molecule has 0 radical (unpaired) electrons. The summed E-state index contributed by atoms with van der Waals surface area (Å²) in [5.41, 5.74) is 0.456. The molecule has 13 atom stereocenters. The van der Waals surface area contributed by atoms with Crippen LogP contribution >= 0.6 is 0 Å². The second-order valence-electron chi connectivity index (χ2n) is 20.7. The van der Waals surface area contributed by atoms with Gasteiger partial charge < -0.3 is 29.1 Å². The Kier molecular flexibility index (Phi) is 9.20. The molecule has 8 fully saturated rings. The van der Waals surface area contributed by atoms with E-state index in [4.69, 9.17) is 14.2 Å². The van der Waals surface area contributed by atoms with E-state index in [0.717, 1.165) is 44.6 Å². The van der Waals surface area contributed by atoms with Crippen molar-refractivity contribution >= 4 is 11.8 Å². The number of morpholine rings is 1. The van der Waals surface area contributed by atoms with Crippen molar-refractivity contribution in [1.82, 2.24) is 9.80 Å². The molecule has 8 nitrogen and oxygen atoms in total. The van der Waals surface area contributed by atoms with Gasteiger partial charge in [0.1, 0.15) is 11.6 Å². The number of amides is 2. The molecule has 0 aromatic heterocycles. The van der Waals surface area contributed by atoms with Gasteiger partial charge in [-0.05, 0) is 133 Å². The molecule has 2 heterocycles. The van der Waals surface area contributed by atoms with Gasteiger partial charge in [0.15, 0.2) is 6.29 Å². The first-order chi connectivity index (χ1) is 26.0. The van der Waals surface area contributed by atoms with E-state index < -0.39 is 17.7 Å². The molecule has 6 saturated carbocycles. The van der Waals surface area contributed by atoms with Gasteiger partial charge in [-0.15, -0.1) is 0 Å². The standard InChI is InChI=1S/C45H64F2N2O6/c1-26-17-32(23-49(27(2)50)22-29-18-30(46)21-31(47)19-29)54-39-38(26)42(5)13-14-45-25-44(45)12-11-35(41(3,4)33(44)9-10-34(45)43(42,6)40(39)52)55-37-24-48(15-16-53-37)36(51)20-28-7-8-28/h18-19,21,26,28,32-35,37-40,52H,7-17,20,22-25H2,1-6H3/t26-,32?,33+,34+,35?,37+,38?,39?,40+,42-,43-,44-,45+/m1/s1. The summed E-state index contributed by atoms with van der Waals surface area (Å²) in [6.45, 7) is 15.6. The van der Waals surface area contributed by atoms with E-state index in [-0.39, 0.29) is 81.9 Å². The number of carbonyl (C=O) groups excluding carboxylic acids is 2. The predicted molar refractivity (Wildman–Crippen MR) is 202 cm³/mol. The van der Waals surface area contributed by atoms with Gasteiger partial charge in [-0.2, -0.15) is 0 Å². The number of rotatable bonds is 8. The maximum Gasteiger partial charge on any atom is 0.223 e. The van der Waals surface area contributed by atoms with Crippen LogP contribution in [0.3, 0.4) is 0 Å². The Morgan fingerprint density at radius 2 is 1.69 bits per heavy atom. The summed E-state index contributed by atoms with van der Waals surface area (Å²) in [5.74, 6) is 0.772. The lowest BCUT2D eigenvalue weighted by Gasteiger charge is -2.64. The van der Waals surface area contributed by atoms with Gasteiger partial charge in [0.25, 0.3) is 0 Å². The lowest BCUT2D eigenvalue weighted by molar-refractivity contribution is -0.248. The van der Waals surface area contributed by atoms with Gasteiger partial charge in [0.05, 0.1) is 37.6 Å². The lowest BCUT2D eigenvalue weighted by atomic mass is 9.41. The van der Waals surface area contributed by atoms with E-state index >= 15 is 0 Å². The number of nitrogens with zero attached hydrogens (tertiary/aromatic N) is 2. The first-order valence-corrected chi connectivity index (χ1v) is 21.6. The topological polar surface area (TPSA) is 88.5 Å². The van der Waals surface area contributed by atoms with Crippen LogP contribution in [0.25, 0.3) is 0 Å². The van der Waals surface area contributed by atoms with Gasteiger partial charge in [-0.3, -0.25) is 9.59 Å². The van der Waals surface area contributed by atoms with Gasteiger partial charge in [-0.1, -0.05) is 34.6 Å². The van der Waals surface area contributed by atoms with Crippen molar-refractivity contribution in [2.24, 2.45) is 56.7 Å². The maximum atomic E-state index is 14.0. The third kappa shape index (κ3) is 5.82. The van der Waals surface area contributed by atoms with E-state index in [1.54, 1.807) is 4.90 Å². The molecule has 10 heteroatoms. The quantitative estimate of drug-likeness (QED) is 0.295. The van der Waals surface area contributed by atoms with Crippen molar-refractivity contribution < 1.29 is 37.7 Å². The number of ether oxygens (including phenoxy) is 3. The largest absolute Gasteiger partial charge is 0.390 e. The second kappa shape index (κ2) is 13.2. The van der Waals surface area contributed by atoms with Crippen LogP contribution in [-0.4, -0.2) is 83.7 Å². The average Bonchev–Trinajstić information content (AvgIpc) is 4.04. The minimum atomic E-state index is -0.658. The molecule has 6 aliphatic carbocycles. The highest BCUT2D eigenvalue weighted by molar-refractivity contribution is 5.76. The molecule has 8 aliphatic rings. The fourth-order valence-electron chi connectivity index (χ4n) is 15.0. The number of aliphatic hydroxyl groups excluding tert-OH is 1. The van der Waals surface area contributed by atoms with E-state index in [1.165, 1.54) is 44.7 Å². The zero-order valence-corrected chi connectivity index (χ0v) is 34.0. The number of aliphatic hydroxyl groups is 1. The van der Waals surface area contributed by atoms with E-state index in [9.17, 15) is 23.5 Å². The molecule has 1 N–H and O–H groups in total. The van der Waals surface area contributed by atoms with Crippen LogP contribution in [0.4, 0.5) is 8.78 Å². The molecular weight excluding hydrogens is 702 g/mol. The van der Waals surface area contributed by atoms with Crippen molar-refractivity contribution in [3.8, 4) is 0 Å². The van der Waals surface area contributed by atoms with Crippen molar-refractivity contribution in [1.29, 1.82) is 0 Å². The highest BCUT2D eigenvalue weighted by Gasteiger charge is 2.84. The Bertz CT molecular complexity index is 1680. The van der Waals surface area contributed by atoms with Crippen LogP contribution in [-0.2, 0) is 30.3 Å². The third-order valence-electron chi connectivity index (χ3n) is 17.8. The minimum Gasteiger partial charge on any atom is -0.390 e. The van der Waals surface area contributed by atoms with Gasteiger partial charge >= 0.3 is 0 Å². The monoisotopic (exact) mass is 766 g/mol. The minimum absolute atomic E-state index is 0.0367. The number of fused-ring (bicyclic) bond motifs is 4. The molecule has 304 valence electrons. The second-order valence-corrected chi connectivity index (χ2v) is 20.7. The van der Waals surface area contributed by atoms with Crippen LogP contribution in [0.5, 0.6) is 0 Å². The van der Waals surface area contributed by atoms with Crippen molar-refractivity contribution in [2.45, 2.75) is 149 Å². The molecule has 9 rings (SSSR count). The predicted octanol–water partition coefficient (Wildman–Crippen LogP) is 7.50. The van der Waals surface area contributed by atoms with Crippen LogP contribution in [0.15, 0.2) is 18.2 Å². The van der Waals surface area contributed by atoms with Crippen molar-refractivity contribution in [3.05, 3.63) is 35.4 Å². The van der Waals surface area contributed by atoms with Crippen LogP contribution in [0.2, 0.25) is 0 Å². The Morgan fingerprint density at radius 1 is 0.982 bits per heavy atom. The highest BCUT2D eigenvalue weighted by Crippen LogP contribution is 2.89. The number of halogens is 2. The SMILES string of the molecule is CC(=O)N(Cc1cc(F)cc(F)c1)CC1C[C@@H](C)C2C(O1)[C@H](O)[C@@]1(C)[C@@H]3CC[C@H]4C(C)(C)C(O[C@H]5CN(C(=O)CC6CC6)CCO5)CC[C@@]45C[C@@]35CC[C@]21C. The Morgan fingerprint density at radius 3 is 2.40 bits per heavy atom. The van der Waals surface area contributed by atoms with E-state index in [1.807, 2.05) is 4.90 Å². The number of hydrogen-bond acceptors (Lipinski definition) is 6. The number of hydrogen-bond donors (Lipinski definition) is 1. The molecule has 2 aliphatic heterocycles. The molecule has 2 saturated heterocycles. The fraction of sp³-hybridized carbons (Fsp3) is 0.822.